The van der Waals surface area contributed by atoms with Gasteiger partial charge in [-0.2, -0.15) is 5.10 Å². The SMILES string of the molecule is COCc1nc(-c2ccc(C(C)N3CCCC3)cc2)nn1C. The molecule has 0 aliphatic carbocycles. The van der Waals surface area contributed by atoms with Gasteiger partial charge in [0.25, 0.3) is 0 Å². The van der Waals surface area contributed by atoms with Gasteiger partial charge in [0.05, 0.1) is 0 Å². The molecule has 2 aromatic rings. The summed E-state index contributed by atoms with van der Waals surface area (Å²) < 4.78 is 6.91. The lowest BCUT2D eigenvalue weighted by Crippen LogP contribution is -2.23. The number of nitrogens with zero attached hydrogens (tertiary/aromatic N) is 4. The Morgan fingerprint density at radius 3 is 2.50 bits per heavy atom. The highest BCUT2D eigenvalue weighted by Crippen LogP contribution is 2.26. The molecule has 22 heavy (non-hydrogen) atoms. The number of rotatable bonds is 5. The Hall–Kier alpha value is -1.72. The number of hydrogen-bond acceptors (Lipinski definition) is 4. The third-order valence-electron chi connectivity index (χ3n) is 4.47. The first-order chi connectivity index (χ1) is 10.7. The third-order valence-corrected chi connectivity index (χ3v) is 4.47. The van der Waals surface area contributed by atoms with Crippen LogP contribution in [0.5, 0.6) is 0 Å². The molecule has 1 fully saturated rings. The standard InChI is InChI=1S/C17H24N4O/c1-13(21-10-4-5-11-21)14-6-8-15(9-7-14)17-18-16(12-22-3)20(2)19-17/h6-9,13H,4-5,10-12H2,1-3H3. The Bertz CT molecular complexity index is 614. The summed E-state index contributed by atoms with van der Waals surface area (Å²) in [6.07, 6.45) is 2.64. The van der Waals surface area contributed by atoms with Crippen LogP contribution in [0.2, 0.25) is 0 Å². The topological polar surface area (TPSA) is 43.2 Å². The van der Waals surface area contributed by atoms with E-state index in [1.807, 2.05) is 7.05 Å². The molecule has 1 aliphatic heterocycles. The van der Waals surface area contributed by atoms with Crippen LogP contribution in [0.3, 0.4) is 0 Å². The molecule has 3 rings (SSSR count). The van der Waals surface area contributed by atoms with E-state index in [0.29, 0.717) is 12.6 Å². The molecular formula is C17H24N4O. The van der Waals surface area contributed by atoms with Crippen molar-refractivity contribution < 1.29 is 4.74 Å². The van der Waals surface area contributed by atoms with E-state index in [4.69, 9.17) is 4.74 Å². The Morgan fingerprint density at radius 2 is 1.86 bits per heavy atom. The van der Waals surface area contributed by atoms with Gasteiger partial charge in [-0.05, 0) is 38.4 Å². The average Bonchev–Trinajstić information content (AvgIpc) is 3.18. The number of aryl methyl sites for hydroxylation is 1. The smallest absolute Gasteiger partial charge is 0.181 e. The van der Waals surface area contributed by atoms with Crippen LogP contribution in [0.1, 0.15) is 37.2 Å². The maximum absolute atomic E-state index is 5.14. The molecular weight excluding hydrogens is 276 g/mol. The summed E-state index contributed by atoms with van der Waals surface area (Å²) in [7, 11) is 3.57. The molecule has 1 aromatic heterocycles. The summed E-state index contributed by atoms with van der Waals surface area (Å²) in [6.45, 7) is 5.19. The van der Waals surface area contributed by atoms with Gasteiger partial charge in [-0.1, -0.05) is 24.3 Å². The fourth-order valence-corrected chi connectivity index (χ4v) is 3.04. The molecule has 5 nitrogen and oxygen atoms in total. The van der Waals surface area contributed by atoms with Crippen LogP contribution in [0, 0.1) is 0 Å². The number of benzene rings is 1. The highest BCUT2D eigenvalue weighted by Gasteiger charge is 2.19. The highest BCUT2D eigenvalue weighted by atomic mass is 16.5. The van der Waals surface area contributed by atoms with E-state index >= 15 is 0 Å². The first kappa shape index (κ1) is 15.2. The van der Waals surface area contributed by atoms with Crippen LogP contribution >= 0.6 is 0 Å². The van der Waals surface area contributed by atoms with E-state index < -0.39 is 0 Å². The molecule has 0 radical (unpaired) electrons. The number of hydrogen-bond donors (Lipinski definition) is 0. The number of likely N-dealkylation sites (tertiary alicyclic amines) is 1. The molecule has 1 unspecified atom stereocenters. The number of aromatic nitrogens is 3. The van der Waals surface area contributed by atoms with Crippen molar-refractivity contribution in [3.05, 3.63) is 35.7 Å². The maximum Gasteiger partial charge on any atom is 0.181 e. The zero-order valence-corrected chi connectivity index (χ0v) is 13.6. The lowest BCUT2D eigenvalue weighted by molar-refractivity contribution is 0.174. The van der Waals surface area contributed by atoms with E-state index in [2.05, 4.69) is 46.2 Å². The number of methoxy groups -OCH3 is 1. The minimum absolute atomic E-state index is 0.480. The van der Waals surface area contributed by atoms with Gasteiger partial charge in [0.15, 0.2) is 11.6 Å². The van der Waals surface area contributed by atoms with Crippen molar-refractivity contribution in [3.8, 4) is 11.4 Å². The molecule has 0 amide bonds. The molecule has 1 aromatic carbocycles. The Balaban J connectivity index is 1.77. The molecule has 0 saturated carbocycles. The van der Waals surface area contributed by atoms with Crippen LogP contribution < -0.4 is 0 Å². The molecule has 0 bridgehead atoms. The van der Waals surface area contributed by atoms with E-state index in [1.54, 1.807) is 11.8 Å². The highest BCUT2D eigenvalue weighted by molar-refractivity contribution is 5.55. The zero-order valence-electron chi connectivity index (χ0n) is 13.6. The largest absolute Gasteiger partial charge is 0.377 e. The van der Waals surface area contributed by atoms with E-state index in [0.717, 1.165) is 17.2 Å². The van der Waals surface area contributed by atoms with Gasteiger partial charge in [-0.25, -0.2) is 4.98 Å². The van der Waals surface area contributed by atoms with Crippen molar-refractivity contribution in [1.82, 2.24) is 19.7 Å². The summed E-state index contributed by atoms with van der Waals surface area (Å²) in [6, 6.07) is 9.12. The molecule has 1 atom stereocenters. The second-order valence-corrected chi connectivity index (χ2v) is 5.95. The van der Waals surface area contributed by atoms with Gasteiger partial charge in [0.2, 0.25) is 0 Å². The second kappa shape index (κ2) is 6.58. The first-order valence-electron chi connectivity index (χ1n) is 7.92. The minimum atomic E-state index is 0.480. The summed E-state index contributed by atoms with van der Waals surface area (Å²) in [5.74, 6) is 1.60. The second-order valence-electron chi connectivity index (χ2n) is 5.95. The van der Waals surface area contributed by atoms with Crippen LogP contribution in [0.15, 0.2) is 24.3 Å². The molecule has 118 valence electrons. The van der Waals surface area contributed by atoms with Crippen LogP contribution in [0.25, 0.3) is 11.4 Å². The third kappa shape index (κ3) is 3.05. The van der Waals surface area contributed by atoms with E-state index in [9.17, 15) is 0 Å². The van der Waals surface area contributed by atoms with Gasteiger partial charge in [-0.15, -0.1) is 0 Å². The quantitative estimate of drug-likeness (QED) is 0.851. The van der Waals surface area contributed by atoms with Gasteiger partial charge < -0.3 is 4.74 Å². The van der Waals surface area contributed by atoms with Crippen molar-refractivity contribution in [2.24, 2.45) is 7.05 Å². The van der Waals surface area contributed by atoms with Crippen molar-refractivity contribution in [3.63, 3.8) is 0 Å². The van der Waals surface area contributed by atoms with Crippen LogP contribution in [-0.4, -0.2) is 39.9 Å². The van der Waals surface area contributed by atoms with Crippen molar-refractivity contribution in [1.29, 1.82) is 0 Å². The molecule has 2 heterocycles. The fourth-order valence-electron chi connectivity index (χ4n) is 3.04. The normalized spacial score (nSPS) is 17.0. The molecule has 1 saturated heterocycles. The average molecular weight is 300 g/mol. The minimum Gasteiger partial charge on any atom is -0.377 e. The van der Waals surface area contributed by atoms with Gasteiger partial charge in [-0.3, -0.25) is 9.58 Å². The molecule has 5 heteroatoms. The van der Waals surface area contributed by atoms with Crippen molar-refractivity contribution in [2.75, 3.05) is 20.2 Å². The summed E-state index contributed by atoms with van der Waals surface area (Å²) >= 11 is 0. The molecule has 1 aliphatic rings. The van der Waals surface area contributed by atoms with Crippen LogP contribution in [-0.2, 0) is 18.4 Å². The van der Waals surface area contributed by atoms with Gasteiger partial charge in [0.1, 0.15) is 6.61 Å². The first-order valence-corrected chi connectivity index (χ1v) is 7.92. The van der Waals surface area contributed by atoms with Gasteiger partial charge in [0, 0.05) is 25.8 Å². The Labute approximate surface area is 131 Å². The maximum atomic E-state index is 5.14. The number of ether oxygens (including phenoxy) is 1. The molecule has 0 spiro atoms. The summed E-state index contributed by atoms with van der Waals surface area (Å²) in [5, 5.41) is 4.47. The lowest BCUT2D eigenvalue weighted by Gasteiger charge is -2.24. The Morgan fingerprint density at radius 1 is 1.18 bits per heavy atom. The zero-order chi connectivity index (χ0) is 15.5. The molecule has 0 N–H and O–H groups in total. The van der Waals surface area contributed by atoms with Crippen LogP contribution in [0.4, 0.5) is 0 Å². The van der Waals surface area contributed by atoms with Crippen molar-refractivity contribution in [2.45, 2.75) is 32.4 Å². The Kier molecular flexibility index (Phi) is 4.55. The van der Waals surface area contributed by atoms with E-state index in [1.165, 1.54) is 31.5 Å². The van der Waals surface area contributed by atoms with E-state index in [-0.39, 0.29) is 0 Å². The van der Waals surface area contributed by atoms with Gasteiger partial charge >= 0.3 is 0 Å². The predicted octanol–water partition coefficient (Wildman–Crippen LogP) is 2.79. The lowest BCUT2D eigenvalue weighted by atomic mass is 10.0. The fraction of sp³-hybridized carbons (Fsp3) is 0.529. The summed E-state index contributed by atoms with van der Waals surface area (Å²) in [5.41, 5.74) is 2.41. The van der Waals surface area contributed by atoms with Crippen molar-refractivity contribution >= 4 is 0 Å². The predicted molar refractivity (Wildman–Crippen MR) is 86.4 cm³/mol. The monoisotopic (exact) mass is 300 g/mol. The summed E-state index contributed by atoms with van der Waals surface area (Å²) in [4.78, 5) is 7.08.